The summed E-state index contributed by atoms with van der Waals surface area (Å²) in [4.78, 5) is 19.0. The lowest BCUT2D eigenvalue weighted by atomic mass is 10.1. The maximum Gasteiger partial charge on any atom is 0.373 e. The van der Waals surface area contributed by atoms with E-state index in [9.17, 15) is 10.1 Å². The Labute approximate surface area is 175 Å². The van der Waals surface area contributed by atoms with Crippen molar-refractivity contribution in [3.05, 3.63) is 87.2 Å². The summed E-state index contributed by atoms with van der Waals surface area (Å²) in [6.45, 7) is 0. The molecular formula is C20H12Cl2N4O3. The molecular weight excluding hydrogens is 415 g/mol. The highest BCUT2D eigenvalue weighted by molar-refractivity contribution is 6.35. The highest BCUT2D eigenvalue weighted by Gasteiger charge is 2.25. The number of ether oxygens (including phenoxy) is 1. The first kappa shape index (κ1) is 18.9. The molecule has 3 aromatic carbocycles. The van der Waals surface area contributed by atoms with Crippen LogP contribution in [0.2, 0.25) is 10.0 Å². The number of nitrogens with zero attached hydrogens (tertiary/aromatic N) is 3. The molecule has 4 aromatic rings. The summed E-state index contributed by atoms with van der Waals surface area (Å²) in [6.07, 6.45) is 1.17. The lowest BCUT2D eigenvalue weighted by molar-refractivity contribution is -0.385. The number of benzene rings is 3. The molecule has 0 radical (unpaired) electrons. The molecule has 1 aromatic heterocycles. The average Bonchev–Trinajstić information content (AvgIpc) is 2.70. The monoisotopic (exact) mass is 426 g/mol. The second-order valence-corrected chi connectivity index (χ2v) is 6.84. The maximum atomic E-state index is 11.7. The van der Waals surface area contributed by atoms with Gasteiger partial charge in [-0.3, -0.25) is 10.1 Å². The summed E-state index contributed by atoms with van der Waals surface area (Å²) in [5.41, 5.74) is -0.0469. The van der Waals surface area contributed by atoms with Gasteiger partial charge >= 0.3 is 11.6 Å². The molecule has 0 saturated heterocycles. The zero-order valence-corrected chi connectivity index (χ0v) is 16.2. The molecule has 1 heterocycles. The first-order chi connectivity index (χ1) is 14.0. The number of hydrogen-bond donors (Lipinski definition) is 1. The van der Waals surface area contributed by atoms with Gasteiger partial charge in [-0.05, 0) is 41.1 Å². The van der Waals surface area contributed by atoms with Gasteiger partial charge in [0.25, 0.3) is 0 Å². The van der Waals surface area contributed by atoms with Crippen molar-refractivity contribution in [2.24, 2.45) is 0 Å². The first-order valence-corrected chi connectivity index (χ1v) is 9.15. The molecule has 0 aliphatic rings. The summed E-state index contributed by atoms with van der Waals surface area (Å²) in [5.74, 6) is 0.156. The average molecular weight is 427 g/mol. The van der Waals surface area contributed by atoms with E-state index in [0.29, 0.717) is 21.5 Å². The van der Waals surface area contributed by atoms with Crippen LogP contribution < -0.4 is 10.1 Å². The van der Waals surface area contributed by atoms with Gasteiger partial charge in [-0.15, -0.1) is 0 Å². The molecule has 0 aliphatic heterocycles. The number of rotatable bonds is 5. The van der Waals surface area contributed by atoms with Crippen LogP contribution in [0.25, 0.3) is 10.8 Å². The zero-order chi connectivity index (χ0) is 20.4. The molecule has 0 amide bonds. The highest BCUT2D eigenvalue weighted by Crippen LogP contribution is 2.37. The Bertz CT molecular complexity index is 1230. The van der Waals surface area contributed by atoms with E-state index in [-0.39, 0.29) is 11.7 Å². The van der Waals surface area contributed by atoms with E-state index in [1.165, 1.54) is 6.33 Å². The smallest absolute Gasteiger partial charge is 0.373 e. The second kappa shape index (κ2) is 7.90. The molecule has 0 bridgehead atoms. The number of anilines is 2. The molecule has 7 nitrogen and oxygen atoms in total. The van der Waals surface area contributed by atoms with E-state index in [1.807, 2.05) is 30.3 Å². The van der Waals surface area contributed by atoms with Gasteiger partial charge in [-0.2, -0.15) is 4.98 Å². The SMILES string of the molecule is O=[N+]([O-])c1c(Nc2cc(Cl)ccc2Cl)ncnc1Oc1ccc2ccccc2c1. The van der Waals surface area contributed by atoms with Crippen LogP contribution in [0.15, 0.2) is 67.0 Å². The first-order valence-electron chi connectivity index (χ1n) is 8.39. The quantitative estimate of drug-likeness (QED) is 0.294. The third-order valence-corrected chi connectivity index (χ3v) is 4.65. The number of fused-ring (bicyclic) bond motifs is 1. The van der Waals surface area contributed by atoms with Crippen LogP contribution in [-0.2, 0) is 0 Å². The third kappa shape index (κ3) is 4.06. The highest BCUT2D eigenvalue weighted by atomic mass is 35.5. The van der Waals surface area contributed by atoms with Gasteiger partial charge in [0, 0.05) is 5.02 Å². The largest absolute Gasteiger partial charge is 0.434 e. The number of halogens is 2. The van der Waals surface area contributed by atoms with E-state index in [2.05, 4.69) is 15.3 Å². The Hall–Kier alpha value is -3.42. The van der Waals surface area contributed by atoms with E-state index in [1.54, 1.807) is 30.3 Å². The van der Waals surface area contributed by atoms with Crippen molar-refractivity contribution in [1.82, 2.24) is 9.97 Å². The van der Waals surface area contributed by atoms with Crippen molar-refractivity contribution in [1.29, 1.82) is 0 Å². The third-order valence-electron chi connectivity index (χ3n) is 4.09. The van der Waals surface area contributed by atoms with Crippen LogP contribution in [0.3, 0.4) is 0 Å². The molecule has 0 fully saturated rings. The fourth-order valence-corrected chi connectivity index (χ4v) is 3.09. The topological polar surface area (TPSA) is 90.2 Å². The van der Waals surface area contributed by atoms with Crippen molar-refractivity contribution in [3.8, 4) is 11.6 Å². The number of hydrogen-bond acceptors (Lipinski definition) is 6. The van der Waals surface area contributed by atoms with E-state index >= 15 is 0 Å². The van der Waals surface area contributed by atoms with Crippen LogP contribution in [0.4, 0.5) is 17.2 Å². The molecule has 4 rings (SSSR count). The summed E-state index contributed by atoms with van der Waals surface area (Å²) >= 11 is 12.1. The van der Waals surface area contributed by atoms with Crippen molar-refractivity contribution in [2.75, 3.05) is 5.32 Å². The number of nitro groups is 1. The van der Waals surface area contributed by atoms with Crippen molar-refractivity contribution >= 4 is 51.2 Å². The minimum absolute atomic E-state index is 0.0649. The Morgan fingerprint density at radius 3 is 2.55 bits per heavy atom. The molecule has 9 heteroatoms. The minimum atomic E-state index is -0.614. The summed E-state index contributed by atoms with van der Waals surface area (Å²) in [7, 11) is 0. The molecule has 0 aliphatic carbocycles. The standard InChI is InChI=1S/C20H12Cl2N4O3/c21-14-6-8-16(22)17(10-14)25-19-18(26(27)28)20(24-11-23-19)29-15-7-5-12-3-1-2-4-13(12)9-15/h1-11H,(H,23,24,25). The summed E-state index contributed by atoms with van der Waals surface area (Å²) in [5, 5.41) is 17.3. The van der Waals surface area contributed by atoms with Crippen molar-refractivity contribution in [2.45, 2.75) is 0 Å². The number of nitrogens with one attached hydrogen (secondary N) is 1. The normalized spacial score (nSPS) is 10.7. The van der Waals surface area contributed by atoms with Gasteiger partial charge in [-0.25, -0.2) is 4.98 Å². The molecule has 144 valence electrons. The Balaban J connectivity index is 1.72. The summed E-state index contributed by atoms with van der Waals surface area (Å²) < 4.78 is 5.72. The van der Waals surface area contributed by atoms with Crippen LogP contribution in [0.1, 0.15) is 0 Å². The van der Waals surface area contributed by atoms with Crippen LogP contribution >= 0.6 is 23.2 Å². The van der Waals surface area contributed by atoms with Crippen LogP contribution in [0, 0.1) is 10.1 Å². The molecule has 1 N–H and O–H groups in total. The lowest BCUT2D eigenvalue weighted by Crippen LogP contribution is -2.04. The van der Waals surface area contributed by atoms with Gasteiger partial charge in [0.1, 0.15) is 12.1 Å². The van der Waals surface area contributed by atoms with Crippen LogP contribution in [-0.4, -0.2) is 14.9 Å². The van der Waals surface area contributed by atoms with Crippen molar-refractivity contribution < 1.29 is 9.66 Å². The van der Waals surface area contributed by atoms with Gasteiger partial charge in [0.2, 0.25) is 5.82 Å². The van der Waals surface area contributed by atoms with Gasteiger partial charge in [0.15, 0.2) is 0 Å². The van der Waals surface area contributed by atoms with E-state index in [4.69, 9.17) is 27.9 Å². The van der Waals surface area contributed by atoms with Gasteiger partial charge in [0.05, 0.1) is 15.6 Å². The van der Waals surface area contributed by atoms with E-state index < -0.39 is 10.6 Å². The molecule has 0 atom stereocenters. The van der Waals surface area contributed by atoms with Crippen LogP contribution in [0.5, 0.6) is 11.6 Å². The number of aromatic nitrogens is 2. The molecule has 0 unspecified atom stereocenters. The summed E-state index contributed by atoms with van der Waals surface area (Å²) in [6, 6.07) is 17.8. The fourth-order valence-electron chi connectivity index (χ4n) is 2.76. The second-order valence-electron chi connectivity index (χ2n) is 5.99. The van der Waals surface area contributed by atoms with Gasteiger partial charge < -0.3 is 10.1 Å². The zero-order valence-electron chi connectivity index (χ0n) is 14.7. The lowest BCUT2D eigenvalue weighted by Gasteiger charge is -2.11. The Kier molecular flexibility index (Phi) is 5.16. The molecule has 0 spiro atoms. The Morgan fingerprint density at radius 1 is 0.966 bits per heavy atom. The van der Waals surface area contributed by atoms with E-state index in [0.717, 1.165) is 10.8 Å². The molecule has 29 heavy (non-hydrogen) atoms. The predicted octanol–water partition coefficient (Wildman–Crippen LogP) is 6.38. The van der Waals surface area contributed by atoms with Crippen molar-refractivity contribution in [3.63, 3.8) is 0 Å². The van der Waals surface area contributed by atoms with Gasteiger partial charge in [-0.1, -0.05) is 53.5 Å². The Morgan fingerprint density at radius 2 is 1.76 bits per heavy atom. The maximum absolute atomic E-state index is 11.7. The minimum Gasteiger partial charge on any atom is -0.434 e. The predicted molar refractivity (Wildman–Crippen MR) is 112 cm³/mol. The fraction of sp³-hybridized carbons (Fsp3) is 0. The molecule has 0 saturated carbocycles.